The highest BCUT2D eigenvalue weighted by Crippen LogP contribution is 2.19. The van der Waals surface area contributed by atoms with Gasteiger partial charge in [0.15, 0.2) is 11.6 Å². The fourth-order valence-electron chi connectivity index (χ4n) is 2.72. The Morgan fingerprint density at radius 1 is 1.30 bits per heavy atom. The van der Waals surface area contributed by atoms with Gasteiger partial charge in [-0.1, -0.05) is 0 Å². The van der Waals surface area contributed by atoms with Crippen molar-refractivity contribution in [1.29, 1.82) is 5.26 Å². The number of aromatic nitrogens is 2. The molecule has 23 heavy (non-hydrogen) atoms. The molecule has 0 unspecified atom stereocenters. The van der Waals surface area contributed by atoms with Crippen LogP contribution in [0.3, 0.4) is 0 Å². The van der Waals surface area contributed by atoms with E-state index in [1.807, 2.05) is 6.07 Å². The maximum Gasteiger partial charge on any atom is 0.269 e. The van der Waals surface area contributed by atoms with E-state index in [1.165, 1.54) is 17.7 Å². The average molecular weight is 311 g/mol. The largest absolute Gasteiger partial charge is 0.355 e. The molecule has 1 N–H and O–H groups in total. The Morgan fingerprint density at radius 3 is 2.48 bits per heavy atom. The zero-order chi connectivity index (χ0) is 17.3. The van der Waals surface area contributed by atoms with E-state index < -0.39 is 5.56 Å². The number of nitrogens with zero attached hydrogens (tertiary/aromatic N) is 2. The first-order chi connectivity index (χ1) is 10.8. The van der Waals surface area contributed by atoms with E-state index in [1.54, 1.807) is 26.8 Å². The number of aryl methyl sites for hydroxylation is 2. The highest BCUT2D eigenvalue weighted by Gasteiger charge is 2.20. The summed E-state index contributed by atoms with van der Waals surface area (Å²) in [6.45, 7) is 6.36. The van der Waals surface area contributed by atoms with Crippen LogP contribution in [0.1, 0.15) is 50.2 Å². The minimum atomic E-state index is -0.492. The van der Waals surface area contributed by atoms with Gasteiger partial charge < -0.3 is 9.55 Å². The van der Waals surface area contributed by atoms with Gasteiger partial charge >= 0.3 is 0 Å². The van der Waals surface area contributed by atoms with Crippen LogP contribution in [0, 0.1) is 32.1 Å². The number of ketones is 2. The van der Waals surface area contributed by atoms with Gasteiger partial charge in [0.25, 0.3) is 5.56 Å². The van der Waals surface area contributed by atoms with Crippen LogP contribution in [0.2, 0.25) is 0 Å². The molecule has 6 heteroatoms. The normalized spacial score (nSPS) is 10.4. The van der Waals surface area contributed by atoms with Gasteiger partial charge in [-0.05, 0) is 44.9 Å². The zero-order valence-electron chi connectivity index (χ0n) is 13.5. The van der Waals surface area contributed by atoms with Crippen molar-refractivity contribution in [3.05, 3.63) is 56.3 Å². The zero-order valence-corrected chi connectivity index (χ0v) is 13.5. The van der Waals surface area contributed by atoms with E-state index in [0.717, 1.165) is 0 Å². The molecular formula is C17H17N3O3. The molecule has 0 aromatic carbocycles. The van der Waals surface area contributed by atoms with E-state index in [2.05, 4.69) is 4.98 Å². The monoisotopic (exact) mass is 311 g/mol. The summed E-state index contributed by atoms with van der Waals surface area (Å²) in [7, 11) is 0. The second kappa shape index (κ2) is 6.05. The molecule has 118 valence electrons. The summed E-state index contributed by atoms with van der Waals surface area (Å²) < 4.78 is 1.21. The first-order valence-corrected chi connectivity index (χ1v) is 7.11. The Morgan fingerprint density at radius 2 is 1.96 bits per heavy atom. The Balaban J connectivity index is 2.42. The quantitative estimate of drug-likeness (QED) is 0.874. The van der Waals surface area contributed by atoms with Gasteiger partial charge in [-0.2, -0.15) is 5.26 Å². The number of H-pyrrole nitrogens is 1. The van der Waals surface area contributed by atoms with Gasteiger partial charge in [-0.25, -0.2) is 0 Å². The second-order valence-corrected chi connectivity index (χ2v) is 5.52. The van der Waals surface area contributed by atoms with E-state index in [0.29, 0.717) is 28.1 Å². The molecule has 0 atom stereocenters. The SMILES string of the molecule is CC(=O)c1c(C)[nH]c(C(=O)Cn2ccc(C)c(C#N)c2=O)c1C. The lowest BCUT2D eigenvalue weighted by molar-refractivity contribution is 0.0965. The third-order valence-corrected chi connectivity index (χ3v) is 3.87. The maximum atomic E-state index is 12.5. The third kappa shape index (κ3) is 2.86. The van der Waals surface area contributed by atoms with Crippen LogP contribution < -0.4 is 5.56 Å². The van der Waals surface area contributed by atoms with Gasteiger partial charge in [0, 0.05) is 17.5 Å². The Kier molecular flexibility index (Phi) is 4.32. The Hall–Kier alpha value is -2.94. The number of carbonyl (C=O) groups is 2. The number of hydrogen-bond acceptors (Lipinski definition) is 4. The molecule has 6 nitrogen and oxygen atoms in total. The average Bonchev–Trinajstić information content (AvgIpc) is 2.77. The van der Waals surface area contributed by atoms with Crippen LogP contribution in [-0.2, 0) is 6.54 Å². The number of rotatable bonds is 4. The van der Waals surface area contributed by atoms with Gasteiger partial charge in [-0.15, -0.1) is 0 Å². The molecule has 0 aliphatic heterocycles. The van der Waals surface area contributed by atoms with Crippen LogP contribution in [-0.4, -0.2) is 21.1 Å². The summed E-state index contributed by atoms with van der Waals surface area (Å²) in [6, 6.07) is 3.49. The van der Waals surface area contributed by atoms with E-state index in [-0.39, 0.29) is 23.7 Å². The molecule has 0 aliphatic rings. The molecule has 0 fully saturated rings. The fourth-order valence-corrected chi connectivity index (χ4v) is 2.72. The second-order valence-electron chi connectivity index (χ2n) is 5.52. The van der Waals surface area contributed by atoms with Gasteiger partial charge in [-0.3, -0.25) is 14.4 Å². The highest BCUT2D eigenvalue weighted by atomic mass is 16.1. The van der Waals surface area contributed by atoms with Crippen LogP contribution in [0.15, 0.2) is 17.1 Å². The van der Waals surface area contributed by atoms with Crippen molar-refractivity contribution in [2.24, 2.45) is 0 Å². The van der Waals surface area contributed by atoms with Crippen molar-refractivity contribution in [2.45, 2.75) is 34.2 Å². The molecule has 0 radical (unpaired) electrons. The van der Waals surface area contributed by atoms with Crippen LogP contribution >= 0.6 is 0 Å². The van der Waals surface area contributed by atoms with Gasteiger partial charge in [0.2, 0.25) is 0 Å². The van der Waals surface area contributed by atoms with Crippen LogP contribution in [0.25, 0.3) is 0 Å². The predicted molar refractivity (Wildman–Crippen MR) is 84.8 cm³/mol. The molecule has 0 saturated heterocycles. The summed E-state index contributed by atoms with van der Waals surface area (Å²) in [5.74, 6) is -0.428. The molecule has 2 aromatic rings. The van der Waals surface area contributed by atoms with Crippen LogP contribution in [0.4, 0.5) is 0 Å². The molecule has 0 saturated carbocycles. The van der Waals surface area contributed by atoms with E-state index in [4.69, 9.17) is 5.26 Å². The van der Waals surface area contributed by atoms with E-state index in [9.17, 15) is 14.4 Å². The fraction of sp³-hybridized carbons (Fsp3) is 0.294. The minimum Gasteiger partial charge on any atom is -0.355 e. The van der Waals surface area contributed by atoms with Gasteiger partial charge in [0.1, 0.15) is 11.6 Å². The molecule has 0 bridgehead atoms. The summed E-state index contributed by atoms with van der Waals surface area (Å²) in [6.07, 6.45) is 1.49. The Bertz CT molecular complexity index is 910. The lowest BCUT2D eigenvalue weighted by Gasteiger charge is -2.06. The molecule has 2 aromatic heterocycles. The predicted octanol–water partition coefficient (Wildman–Crippen LogP) is 2.06. The van der Waals surface area contributed by atoms with Crippen molar-refractivity contribution in [2.75, 3.05) is 0 Å². The van der Waals surface area contributed by atoms with Crippen molar-refractivity contribution in [3.63, 3.8) is 0 Å². The standard InChI is InChI=1S/C17H17N3O3/c1-9-5-6-20(17(23)13(9)7-18)8-14(22)16-10(2)15(12(4)21)11(3)19-16/h5-6,19H,8H2,1-4H3. The van der Waals surface area contributed by atoms with Gasteiger partial charge in [0.05, 0.1) is 12.2 Å². The number of pyridine rings is 1. The third-order valence-electron chi connectivity index (χ3n) is 3.87. The molecular weight excluding hydrogens is 294 g/mol. The number of nitriles is 1. The minimum absolute atomic E-state index is 0.0316. The Labute approximate surface area is 133 Å². The van der Waals surface area contributed by atoms with Crippen LogP contribution in [0.5, 0.6) is 0 Å². The summed E-state index contributed by atoms with van der Waals surface area (Å²) >= 11 is 0. The summed E-state index contributed by atoms with van der Waals surface area (Å²) in [5.41, 5.74) is 2.15. The number of aromatic amines is 1. The molecule has 0 spiro atoms. The first-order valence-electron chi connectivity index (χ1n) is 7.11. The lowest BCUT2D eigenvalue weighted by Crippen LogP contribution is -2.26. The molecule has 0 amide bonds. The van der Waals surface area contributed by atoms with Crippen molar-refractivity contribution < 1.29 is 9.59 Å². The highest BCUT2D eigenvalue weighted by molar-refractivity contribution is 6.03. The summed E-state index contributed by atoms with van der Waals surface area (Å²) in [4.78, 5) is 39.2. The topological polar surface area (TPSA) is 95.7 Å². The van der Waals surface area contributed by atoms with Crippen molar-refractivity contribution in [1.82, 2.24) is 9.55 Å². The molecule has 2 rings (SSSR count). The maximum absolute atomic E-state index is 12.5. The first kappa shape index (κ1) is 16.4. The van der Waals surface area contributed by atoms with E-state index >= 15 is 0 Å². The number of hydrogen-bond donors (Lipinski definition) is 1. The number of carbonyl (C=O) groups excluding carboxylic acids is 2. The molecule has 2 heterocycles. The van der Waals surface area contributed by atoms with Crippen molar-refractivity contribution >= 4 is 11.6 Å². The van der Waals surface area contributed by atoms with Crippen molar-refractivity contribution in [3.8, 4) is 6.07 Å². The lowest BCUT2D eigenvalue weighted by atomic mass is 10.1. The summed E-state index contributed by atoms with van der Waals surface area (Å²) in [5, 5.41) is 9.03. The number of Topliss-reactive ketones (excluding diaryl/α,β-unsaturated/α-hetero) is 2. The smallest absolute Gasteiger partial charge is 0.269 e. The number of nitrogens with one attached hydrogen (secondary N) is 1. The molecule has 0 aliphatic carbocycles.